The Morgan fingerprint density at radius 3 is 2.92 bits per heavy atom. The summed E-state index contributed by atoms with van der Waals surface area (Å²) in [5.41, 5.74) is 1.93. The minimum Gasteiger partial charge on any atom is -0.437 e. The standard InChI is InChI=1S/C19H24N4O2.ClH/c1-14-6-3-4-8-17(14)25-18-11-21-10-16(22-18)15-7-5-9-23(13-15)19(24)12-20-2;/h3-4,6,8,10-11,15,20H,5,7,9,12-13H2,1-2H3;1H. The molecule has 1 saturated heterocycles. The van der Waals surface area contributed by atoms with Crippen LogP contribution < -0.4 is 10.1 Å². The predicted molar refractivity (Wildman–Crippen MR) is 103 cm³/mol. The van der Waals surface area contributed by atoms with Crippen molar-refractivity contribution in [1.82, 2.24) is 20.2 Å². The van der Waals surface area contributed by atoms with E-state index in [0.717, 1.165) is 36.4 Å². The molecule has 0 radical (unpaired) electrons. The molecule has 26 heavy (non-hydrogen) atoms. The molecule has 1 amide bonds. The Balaban J connectivity index is 0.00000243. The Bertz CT molecular complexity index is 741. The van der Waals surface area contributed by atoms with Gasteiger partial charge in [-0.25, -0.2) is 4.98 Å². The average Bonchev–Trinajstić information content (AvgIpc) is 2.64. The van der Waals surface area contributed by atoms with Crippen molar-refractivity contribution in [3.63, 3.8) is 0 Å². The largest absolute Gasteiger partial charge is 0.437 e. The molecular formula is C19H25ClN4O2. The Hall–Kier alpha value is -2.18. The number of aryl methyl sites for hydroxylation is 1. The van der Waals surface area contributed by atoms with Crippen molar-refractivity contribution in [2.75, 3.05) is 26.7 Å². The highest BCUT2D eigenvalue weighted by Gasteiger charge is 2.25. The third-order valence-electron chi connectivity index (χ3n) is 4.46. The number of para-hydroxylation sites is 1. The molecule has 0 spiro atoms. The van der Waals surface area contributed by atoms with Crippen LogP contribution in [-0.2, 0) is 4.79 Å². The van der Waals surface area contributed by atoms with Gasteiger partial charge < -0.3 is 15.0 Å². The van der Waals surface area contributed by atoms with E-state index >= 15 is 0 Å². The van der Waals surface area contributed by atoms with Crippen LogP contribution in [-0.4, -0.2) is 47.5 Å². The molecule has 1 aromatic carbocycles. The lowest BCUT2D eigenvalue weighted by Crippen LogP contribution is -2.43. The smallest absolute Gasteiger partial charge is 0.238 e. The maximum absolute atomic E-state index is 12.1. The van der Waals surface area contributed by atoms with Gasteiger partial charge in [0.1, 0.15) is 5.75 Å². The fraction of sp³-hybridized carbons (Fsp3) is 0.421. The van der Waals surface area contributed by atoms with Gasteiger partial charge >= 0.3 is 0 Å². The minimum absolute atomic E-state index is 0. The number of ether oxygens (including phenoxy) is 1. The number of nitrogens with zero attached hydrogens (tertiary/aromatic N) is 3. The van der Waals surface area contributed by atoms with E-state index in [1.807, 2.05) is 36.1 Å². The third-order valence-corrected chi connectivity index (χ3v) is 4.46. The molecule has 1 aromatic heterocycles. The number of carbonyl (C=O) groups excluding carboxylic acids is 1. The molecule has 0 bridgehead atoms. The first-order valence-corrected chi connectivity index (χ1v) is 8.65. The number of rotatable bonds is 5. The summed E-state index contributed by atoms with van der Waals surface area (Å²) in [6.45, 7) is 3.86. The number of halogens is 1. The third kappa shape index (κ3) is 4.93. The molecule has 0 saturated carbocycles. The van der Waals surface area contributed by atoms with E-state index < -0.39 is 0 Å². The lowest BCUT2D eigenvalue weighted by Gasteiger charge is -2.32. The maximum Gasteiger partial charge on any atom is 0.238 e. The molecule has 1 N–H and O–H groups in total. The van der Waals surface area contributed by atoms with Gasteiger partial charge in [-0.2, -0.15) is 0 Å². The van der Waals surface area contributed by atoms with E-state index in [-0.39, 0.29) is 24.2 Å². The van der Waals surface area contributed by atoms with E-state index in [9.17, 15) is 4.79 Å². The summed E-state index contributed by atoms with van der Waals surface area (Å²) < 4.78 is 5.89. The molecule has 1 aliphatic heterocycles. The van der Waals surface area contributed by atoms with Crippen molar-refractivity contribution >= 4 is 18.3 Å². The van der Waals surface area contributed by atoms with Gasteiger partial charge in [0.25, 0.3) is 0 Å². The summed E-state index contributed by atoms with van der Waals surface area (Å²) in [4.78, 5) is 23.0. The Kier molecular flexibility index (Phi) is 7.36. The van der Waals surface area contributed by atoms with Crippen LogP contribution in [0.4, 0.5) is 0 Å². The van der Waals surface area contributed by atoms with Crippen molar-refractivity contribution < 1.29 is 9.53 Å². The van der Waals surface area contributed by atoms with Crippen LogP contribution in [0.15, 0.2) is 36.7 Å². The van der Waals surface area contributed by atoms with Crippen molar-refractivity contribution in [2.45, 2.75) is 25.7 Å². The summed E-state index contributed by atoms with van der Waals surface area (Å²) in [5.74, 6) is 1.60. The van der Waals surface area contributed by atoms with Gasteiger partial charge in [-0.05, 0) is 38.4 Å². The normalized spacial score (nSPS) is 16.7. The zero-order valence-corrected chi connectivity index (χ0v) is 16.0. The maximum atomic E-state index is 12.1. The van der Waals surface area contributed by atoms with E-state index in [2.05, 4.69) is 15.3 Å². The second kappa shape index (κ2) is 9.50. The Morgan fingerprint density at radius 2 is 2.15 bits per heavy atom. The lowest BCUT2D eigenvalue weighted by molar-refractivity contribution is -0.131. The molecule has 3 rings (SSSR count). The van der Waals surface area contributed by atoms with E-state index in [4.69, 9.17) is 4.74 Å². The van der Waals surface area contributed by atoms with E-state index in [1.54, 1.807) is 19.4 Å². The summed E-state index contributed by atoms with van der Waals surface area (Å²) in [6.07, 6.45) is 5.39. The Morgan fingerprint density at radius 1 is 1.35 bits per heavy atom. The predicted octanol–water partition coefficient (Wildman–Crippen LogP) is 2.92. The van der Waals surface area contributed by atoms with Crippen LogP contribution in [0.1, 0.15) is 30.0 Å². The summed E-state index contributed by atoms with van der Waals surface area (Å²) in [7, 11) is 1.79. The van der Waals surface area contributed by atoms with Gasteiger partial charge in [-0.15, -0.1) is 12.4 Å². The Labute approximate surface area is 160 Å². The van der Waals surface area contributed by atoms with Crippen LogP contribution in [0.2, 0.25) is 0 Å². The fourth-order valence-corrected chi connectivity index (χ4v) is 3.10. The second-order valence-corrected chi connectivity index (χ2v) is 6.36. The van der Waals surface area contributed by atoms with E-state index in [1.165, 1.54) is 0 Å². The highest BCUT2D eigenvalue weighted by Crippen LogP contribution is 2.28. The van der Waals surface area contributed by atoms with Crippen molar-refractivity contribution in [2.24, 2.45) is 0 Å². The number of likely N-dealkylation sites (tertiary alicyclic amines) is 1. The van der Waals surface area contributed by atoms with Crippen molar-refractivity contribution in [3.8, 4) is 11.6 Å². The number of nitrogens with one attached hydrogen (secondary N) is 1. The molecule has 1 aliphatic rings. The number of likely N-dealkylation sites (N-methyl/N-ethyl adjacent to an activating group) is 1. The van der Waals surface area contributed by atoms with Gasteiger partial charge in [0.2, 0.25) is 11.8 Å². The van der Waals surface area contributed by atoms with Gasteiger partial charge in [0, 0.05) is 25.2 Å². The quantitative estimate of drug-likeness (QED) is 0.869. The second-order valence-electron chi connectivity index (χ2n) is 6.36. The SMILES string of the molecule is CNCC(=O)N1CCCC(c2cncc(Oc3ccccc3C)n2)C1.Cl. The number of carbonyl (C=O) groups is 1. The molecule has 140 valence electrons. The topological polar surface area (TPSA) is 67.4 Å². The number of benzene rings is 1. The zero-order valence-electron chi connectivity index (χ0n) is 15.1. The average molecular weight is 377 g/mol. The first-order valence-electron chi connectivity index (χ1n) is 8.65. The van der Waals surface area contributed by atoms with Crippen molar-refractivity contribution in [3.05, 3.63) is 47.9 Å². The number of hydrogen-bond donors (Lipinski definition) is 1. The minimum atomic E-state index is 0. The van der Waals surface area contributed by atoms with Gasteiger partial charge in [-0.1, -0.05) is 18.2 Å². The number of piperidine rings is 1. The lowest BCUT2D eigenvalue weighted by atomic mass is 9.95. The molecule has 0 aliphatic carbocycles. The highest BCUT2D eigenvalue weighted by atomic mass is 35.5. The van der Waals surface area contributed by atoms with Crippen LogP contribution in [0, 0.1) is 6.92 Å². The molecule has 1 atom stereocenters. The molecular weight excluding hydrogens is 352 g/mol. The first-order chi connectivity index (χ1) is 12.2. The van der Waals surface area contributed by atoms with Crippen LogP contribution in [0.25, 0.3) is 0 Å². The molecule has 6 nitrogen and oxygen atoms in total. The van der Waals surface area contributed by atoms with Gasteiger partial charge in [-0.3, -0.25) is 9.78 Å². The summed E-state index contributed by atoms with van der Waals surface area (Å²) in [6, 6.07) is 7.83. The number of hydrogen-bond acceptors (Lipinski definition) is 5. The van der Waals surface area contributed by atoms with Crippen molar-refractivity contribution in [1.29, 1.82) is 0 Å². The summed E-state index contributed by atoms with van der Waals surface area (Å²) >= 11 is 0. The number of aromatic nitrogens is 2. The van der Waals surface area contributed by atoms with Crippen LogP contribution in [0.5, 0.6) is 11.6 Å². The van der Waals surface area contributed by atoms with Crippen LogP contribution >= 0.6 is 12.4 Å². The fourth-order valence-electron chi connectivity index (χ4n) is 3.10. The summed E-state index contributed by atoms with van der Waals surface area (Å²) in [5, 5.41) is 2.92. The van der Waals surface area contributed by atoms with Gasteiger partial charge in [0.15, 0.2) is 0 Å². The molecule has 1 unspecified atom stereocenters. The molecule has 1 fully saturated rings. The molecule has 2 heterocycles. The molecule has 2 aromatic rings. The highest BCUT2D eigenvalue weighted by molar-refractivity contribution is 5.85. The number of amides is 1. The van der Waals surface area contributed by atoms with Gasteiger partial charge in [0.05, 0.1) is 18.4 Å². The van der Waals surface area contributed by atoms with Crippen LogP contribution in [0.3, 0.4) is 0 Å². The van der Waals surface area contributed by atoms with E-state index in [0.29, 0.717) is 19.0 Å². The first kappa shape index (κ1) is 20.1. The monoisotopic (exact) mass is 376 g/mol. The molecule has 7 heteroatoms. The zero-order chi connectivity index (χ0) is 17.6.